The number of nitrogens with zero attached hydrogens (tertiary/aromatic N) is 5. The van der Waals surface area contributed by atoms with E-state index in [4.69, 9.17) is 10.7 Å². The quantitative estimate of drug-likeness (QED) is 0.545. The van der Waals surface area contributed by atoms with E-state index in [1.807, 2.05) is 16.8 Å². The Morgan fingerprint density at radius 2 is 1.85 bits per heavy atom. The molecule has 0 saturated carbocycles. The van der Waals surface area contributed by atoms with Crippen LogP contribution in [0.1, 0.15) is 43.9 Å². The van der Waals surface area contributed by atoms with Gasteiger partial charge in [0.2, 0.25) is 10.0 Å². The van der Waals surface area contributed by atoms with Crippen LogP contribution >= 0.6 is 0 Å². The number of rotatable bonds is 7. The van der Waals surface area contributed by atoms with E-state index in [2.05, 4.69) is 29.2 Å². The van der Waals surface area contributed by atoms with Gasteiger partial charge in [0.25, 0.3) is 0 Å². The van der Waals surface area contributed by atoms with Crippen LogP contribution in [-0.4, -0.2) is 65.4 Å². The second-order valence-electron chi connectivity index (χ2n) is 9.17. The zero-order chi connectivity index (χ0) is 23.8. The summed E-state index contributed by atoms with van der Waals surface area (Å²) in [7, 11) is -0.422. The molecule has 3 N–H and O–H groups in total. The van der Waals surface area contributed by atoms with Gasteiger partial charge in [0, 0.05) is 57.1 Å². The van der Waals surface area contributed by atoms with E-state index in [0.29, 0.717) is 5.92 Å². The summed E-state index contributed by atoms with van der Waals surface area (Å²) in [5.41, 5.74) is 9.73. The molecule has 0 unspecified atom stereocenters. The second-order valence-corrected chi connectivity index (χ2v) is 11.3. The Morgan fingerprint density at radius 1 is 1.18 bits per heavy atom. The van der Waals surface area contributed by atoms with E-state index in [1.165, 1.54) is 18.4 Å². The normalized spacial score (nSPS) is 16.2. The zero-order valence-electron chi connectivity index (χ0n) is 19.7. The smallest absolute Gasteiger partial charge is 0.242 e. The molecular formula is C23H33N7O2S. The maximum Gasteiger partial charge on any atom is 0.242 e. The van der Waals surface area contributed by atoms with Crippen molar-refractivity contribution in [1.29, 1.82) is 0 Å². The molecule has 1 aliphatic rings. The van der Waals surface area contributed by atoms with Crippen molar-refractivity contribution in [3.8, 4) is 0 Å². The largest absolute Gasteiger partial charge is 0.340 e. The zero-order valence-corrected chi connectivity index (χ0v) is 20.5. The van der Waals surface area contributed by atoms with Crippen LogP contribution in [0.3, 0.4) is 0 Å². The average molecular weight is 472 g/mol. The Morgan fingerprint density at radius 3 is 2.45 bits per heavy atom. The molecule has 1 fully saturated rings. The molecule has 1 saturated heterocycles. The first-order valence-electron chi connectivity index (χ1n) is 11.3. The minimum Gasteiger partial charge on any atom is -0.340 e. The number of anilines is 2. The van der Waals surface area contributed by atoms with Crippen LogP contribution in [0.15, 0.2) is 41.4 Å². The van der Waals surface area contributed by atoms with Crippen LogP contribution in [0.25, 0.3) is 5.65 Å². The summed E-state index contributed by atoms with van der Waals surface area (Å²) in [4.78, 5) is 7.58. The maximum atomic E-state index is 12.4. The molecule has 3 heterocycles. The summed E-state index contributed by atoms with van der Waals surface area (Å²) in [5.74, 6) is 1.08. The lowest BCUT2D eigenvalue weighted by Gasteiger charge is -2.29. The standard InChI is InChI=1S/C23H33N7O2S/c1-16(2)21-14-25-30-22(26-18-5-7-20(8-6-18)33(31,32)28(3)4)13-19(27-23(21)30)15-29-11-9-17(24)10-12-29/h5-8,13-14,16-17,26H,9-12,15,24H2,1-4H3. The van der Waals surface area contributed by atoms with E-state index < -0.39 is 10.0 Å². The van der Waals surface area contributed by atoms with Gasteiger partial charge in [-0.2, -0.15) is 9.61 Å². The van der Waals surface area contributed by atoms with Gasteiger partial charge in [0.1, 0.15) is 5.82 Å². The van der Waals surface area contributed by atoms with Crippen LogP contribution in [0, 0.1) is 0 Å². The Bertz CT molecular complexity index is 1210. The monoisotopic (exact) mass is 471 g/mol. The lowest BCUT2D eigenvalue weighted by molar-refractivity contribution is 0.203. The third-order valence-electron chi connectivity index (χ3n) is 6.10. The molecular weight excluding hydrogens is 438 g/mol. The molecule has 1 aliphatic heterocycles. The molecule has 1 aromatic carbocycles. The number of fused-ring (bicyclic) bond motifs is 1. The van der Waals surface area contributed by atoms with Crippen molar-refractivity contribution in [2.45, 2.75) is 50.1 Å². The molecule has 4 rings (SSSR count). The third kappa shape index (κ3) is 5.03. The summed E-state index contributed by atoms with van der Waals surface area (Å²) < 4.78 is 27.8. The number of benzene rings is 1. The summed E-state index contributed by atoms with van der Waals surface area (Å²) in [5, 5.41) is 7.98. The number of hydrogen-bond acceptors (Lipinski definition) is 7. The van der Waals surface area contributed by atoms with Crippen molar-refractivity contribution in [2.24, 2.45) is 5.73 Å². The fourth-order valence-electron chi connectivity index (χ4n) is 4.02. The fraction of sp³-hybridized carbons (Fsp3) is 0.478. The first-order valence-corrected chi connectivity index (χ1v) is 12.7. The lowest BCUT2D eigenvalue weighted by Crippen LogP contribution is -2.39. The molecule has 33 heavy (non-hydrogen) atoms. The first kappa shape index (κ1) is 23.6. The molecule has 3 aromatic rings. The fourth-order valence-corrected chi connectivity index (χ4v) is 4.92. The SMILES string of the molecule is CC(C)c1cnn2c(Nc3ccc(S(=O)(=O)N(C)C)cc3)cc(CN3CCC(N)CC3)nc12. The highest BCUT2D eigenvalue weighted by Crippen LogP contribution is 2.26. The molecule has 2 aromatic heterocycles. The van der Waals surface area contributed by atoms with Crippen molar-refractivity contribution >= 4 is 27.2 Å². The van der Waals surface area contributed by atoms with Gasteiger partial charge in [-0.1, -0.05) is 13.8 Å². The predicted octanol–water partition coefficient (Wildman–Crippen LogP) is 2.77. The number of likely N-dealkylation sites (tertiary alicyclic amines) is 1. The molecule has 9 nitrogen and oxygen atoms in total. The van der Waals surface area contributed by atoms with Gasteiger partial charge in [0.05, 0.1) is 16.8 Å². The lowest BCUT2D eigenvalue weighted by atomic mass is 10.1. The van der Waals surface area contributed by atoms with Crippen molar-refractivity contribution in [1.82, 2.24) is 23.8 Å². The van der Waals surface area contributed by atoms with Crippen LogP contribution in [-0.2, 0) is 16.6 Å². The third-order valence-corrected chi connectivity index (χ3v) is 7.93. The average Bonchev–Trinajstić information content (AvgIpc) is 3.20. The van der Waals surface area contributed by atoms with E-state index in [9.17, 15) is 8.42 Å². The molecule has 0 atom stereocenters. The number of nitrogens with one attached hydrogen (secondary N) is 1. The van der Waals surface area contributed by atoms with Crippen molar-refractivity contribution < 1.29 is 8.42 Å². The van der Waals surface area contributed by atoms with Gasteiger partial charge in [-0.3, -0.25) is 4.90 Å². The molecule has 0 bridgehead atoms. The van der Waals surface area contributed by atoms with Gasteiger partial charge in [-0.25, -0.2) is 17.7 Å². The number of hydrogen-bond donors (Lipinski definition) is 2. The van der Waals surface area contributed by atoms with Crippen molar-refractivity contribution in [2.75, 3.05) is 32.5 Å². The van der Waals surface area contributed by atoms with Crippen LogP contribution < -0.4 is 11.1 Å². The molecule has 0 amide bonds. The van der Waals surface area contributed by atoms with Gasteiger partial charge < -0.3 is 11.1 Å². The van der Waals surface area contributed by atoms with Crippen molar-refractivity contribution in [3.05, 3.63) is 47.8 Å². The summed E-state index contributed by atoms with van der Waals surface area (Å²) >= 11 is 0. The minimum absolute atomic E-state index is 0.253. The summed E-state index contributed by atoms with van der Waals surface area (Å²) in [6.07, 6.45) is 3.87. The Balaban J connectivity index is 1.66. The van der Waals surface area contributed by atoms with E-state index >= 15 is 0 Å². The van der Waals surface area contributed by atoms with Crippen LogP contribution in [0.2, 0.25) is 0 Å². The second kappa shape index (κ2) is 9.38. The minimum atomic E-state index is -3.47. The highest BCUT2D eigenvalue weighted by Gasteiger charge is 2.20. The maximum absolute atomic E-state index is 12.4. The van der Waals surface area contributed by atoms with Crippen LogP contribution in [0.5, 0.6) is 0 Å². The van der Waals surface area contributed by atoms with Crippen LogP contribution in [0.4, 0.5) is 11.5 Å². The molecule has 0 radical (unpaired) electrons. The molecule has 0 aliphatic carbocycles. The van der Waals surface area contributed by atoms with Gasteiger partial charge in [-0.05, 0) is 43.0 Å². The first-order chi connectivity index (χ1) is 15.6. The van der Waals surface area contributed by atoms with E-state index in [1.54, 1.807) is 24.3 Å². The summed E-state index contributed by atoms with van der Waals surface area (Å²) in [6, 6.07) is 9.05. The molecule has 178 valence electrons. The van der Waals surface area contributed by atoms with Crippen molar-refractivity contribution in [3.63, 3.8) is 0 Å². The predicted molar refractivity (Wildman–Crippen MR) is 130 cm³/mol. The summed E-state index contributed by atoms with van der Waals surface area (Å²) in [6.45, 7) is 6.95. The Labute approximate surface area is 195 Å². The Hall–Kier alpha value is -2.53. The Kier molecular flexibility index (Phi) is 6.71. The molecule has 10 heteroatoms. The number of aromatic nitrogens is 3. The topological polar surface area (TPSA) is 109 Å². The van der Waals surface area contributed by atoms with Gasteiger partial charge >= 0.3 is 0 Å². The van der Waals surface area contributed by atoms with E-state index in [0.717, 1.165) is 60.9 Å². The number of piperidine rings is 1. The number of nitrogens with two attached hydrogens (primary N) is 1. The highest BCUT2D eigenvalue weighted by molar-refractivity contribution is 7.89. The molecule has 0 spiro atoms. The number of sulfonamides is 1. The van der Waals surface area contributed by atoms with E-state index in [-0.39, 0.29) is 10.9 Å². The van der Waals surface area contributed by atoms with Gasteiger partial charge in [-0.15, -0.1) is 0 Å². The van der Waals surface area contributed by atoms with Gasteiger partial charge in [0.15, 0.2) is 5.65 Å². The highest BCUT2D eigenvalue weighted by atomic mass is 32.2.